The topological polar surface area (TPSA) is 59.4 Å². The minimum atomic E-state index is -0.457. The van der Waals surface area contributed by atoms with Gasteiger partial charge in [-0.2, -0.15) is 0 Å². The quantitative estimate of drug-likeness (QED) is 0.457. The van der Waals surface area contributed by atoms with Crippen LogP contribution in [0.4, 0.5) is 4.39 Å². The molecular formula is C21H13ClFN5. The van der Waals surface area contributed by atoms with E-state index in [9.17, 15) is 4.39 Å². The summed E-state index contributed by atoms with van der Waals surface area (Å²) in [6, 6.07) is 20.3. The van der Waals surface area contributed by atoms with E-state index in [-0.39, 0.29) is 5.02 Å². The van der Waals surface area contributed by atoms with Crippen LogP contribution in [0.1, 0.15) is 0 Å². The van der Waals surface area contributed by atoms with E-state index in [4.69, 9.17) is 11.6 Å². The maximum Gasteiger partial charge on any atom is 0.141 e. The van der Waals surface area contributed by atoms with Crippen molar-refractivity contribution in [2.75, 3.05) is 0 Å². The Bertz CT molecular complexity index is 1290. The summed E-state index contributed by atoms with van der Waals surface area (Å²) in [6.45, 7) is 0. The van der Waals surface area contributed by atoms with Crippen LogP contribution in [-0.2, 0) is 0 Å². The molecule has 0 spiro atoms. The van der Waals surface area contributed by atoms with Crippen LogP contribution in [0.3, 0.4) is 0 Å². The van der Waals surface area contributed by atoms with Crippen molar-refractivity contribution in [3.05, 3.63) is 83.9 Å². The standard InChI is InChI=1S/C21H13ClFN5/c22-16-10-13(6-8-17(16)23)20-21(25-12-24-20)14-7-9-18-19(11-14)28(27-26-18)15-4-2-1-3-5-15/h1-12H,(H,24,25). The van der Waals surface area contributed by atoms with E-state index >= 15 is 0 Å². The highest BCUT2D eigenvalue weighted by molar-refractivity contribution is 6.31. The molecule has 0 amide bonds. The molecule has 0 saturated heterocycles. The molecule has 3 aromatic carbocycles. The van der Waals surface area contributed by atoms with E-state index in [2.05, 4.69) is 20.3 Å². The van der Waals surface area contributed by atoms with E-state index < -0.39 is 5.82 Å². The predicted molar refractivity (Wildman–Crippen MR) is 107 cm³/mol. The van der Waals surface area contributed by atoms with Crippen molar-refractivity contribution in [2.24, 2.45) is 0 Å². The minimum absolute atomic E-state index is 0.0632. The molecule has 0 aliphatic rings. The van der Waals surface area contributed by atoms with Gasteiger partial charge in [-0.1, -0.05) is 41.1 Å². The molecule has 136 valence electrons. The highest BCUT2D eigenvalue weighted by atomic mass is 35.5. The third-order valence-corrected chi connectivity index (χ3v) is 4.86. The zero-order valence-electron chi connectivity index (χ0n) is 14.5. The molecule has 5 nitrogen and oxygen atoms in total. The normalized spacial score (nSPS) is 11.2. The van der Waals surface area contributed by atoms with Gasteiger partial charge in [0.05, 0.1) is 33.9 Å². The maximum atomic E-state index is 13.5. The minimum Gasteiger partial charge on any atom is -0.344 e. The molecule has 0 aliphatic carbocycles. The SMILES string of the molecule is Fc1ccc(-c2nc[nH]c2-c2ccc3nnn(-c4ccccc4)c3c2)cc1Cl. The summed E-state index contributed by atoms with van der Waals surface area (Å²) in [5.74, 6) is -0.457. The Morgan fingerprint density at radius 3 is 2.57 bits per heavy atom. The Morgan fingerprint density at radius 2 is 1.75 bits per heavy atom. The molecule has 0 fully saturated rings. The number of hydrogen-bond donors (Lipinski definition) is 1. The Balaban J connectivity index is 1.65. The van der Waals surface area contributed by atoms with Crippen LogP contribution >= 0.6 is 11.6 Å². The summed E-state index contributed by atoms with van der Waals surface area (Å²) in [5.41, 5.74) is 5.75. The first kappa shape index (κ1) is 16.6. The average molecular weight is 390 g/mol. The first-order chi connectivity index (χ1) is 13.7. The lowest BCUT2D eigenvalue weighted by Crippen LogP contribution is -1.96. The third-order valence-electron chi connectivity index (χ3n) is 4.57. The van der Waals surface area contributed by atoms with Crippen molar-refractivity contribution in [3.63, 3.8) is 0 Å². The number of aromatic nitrogens is 5. The van der Waals surface area contributed by atoms with Crippen LogP contribution in [0.15, 0.2) is 73.1 Å². The molecule has 2 heterocycles. The Hall–Kier alpha value is -3.51. The smallest absolute Gasteiger partial charge is 0.141 e. The number of benzene rings is 3. The maximum absolute atomic E-state index is 13.5. The van der Waals surface area contributed by atoms with E-state index in [0.29, 0.717) is 5.69 Å². The molecule has 2 aromatic heterocycles. The van der Waals surface area contributed by atoms with Crippen LogP contribution in [0, 0.1) is 5.82 Å². The van der Waals surface area contributed by atoms with Crippen LogP contribution in [0.2, 0.25) is 5.02 Å². The van der Waals surface area contributed by atoms with Crippen LogP contribution in [-0.4, -0.2) is 25.0 Å². The van der Waals surface area contributed by atoms with Gasteiger partial charge in [0.25, 0.3) is 0 Å². The molecule has 28 heavy (non-hydrogen) atoms. The number of nitrogens with one attached hydrogen (secondary N) is 1. The fraction of sp³-hybridized carbons (Fsp3) is 0. The summed E-state index contributed by atoms with van der Waals surface area (Å²) in [4.78, 5) is 7.58. The highest BCUT2D eigenvalue weighted by Crippen LogP contribution is 2.32. The first-order valence-electron chi connectivity index (χ1n) is 8.61. The van der Waals surface area contributed by atoms with E-state index in [0.717, 1.165) is 33.5 Å². The highest BCUT2D eigenvalue weighted by Gasteiger charge is 2.14. The van der Waals surface area contributed by atoms with Gasteiger partial charge in [-0.25, -0.2) is 14.1 Å². The monoisotopic (exact) mass is 389 g/mol. The molecular weight excluding hydrogens is 377 g/mol. The van der Waals surface area contributed by atoms with Crippen molar-refractivity contribution in [3.8, 4) is 28.2 Å². The lowest BCUT2D eigenvalue weighted by molar-refractivity contribution is 0.628. The second-order valence-corrected chi connectivity index (χ2v) is 6.70. The number of halogens is 2. The fourth-order valence-electron chi connectivity index (χ4n) is 3.21. The average Bonchev–Trinajstić information content (AvgIpc) is 3.37. The molecule has 0 aliphatic heterocycles. The van der Waals surface area contributed by atoms with Gasteiger partial charge in [-0.15, -0.1) is 5.10 Å². The Kier molecular flexibility index (Phi) is 3.91. The van der Waals surface area contributed by atoms with Crippen molar-refractivity contribution in [2.45, 2.75) is 0 Å². The molecule has 0 radical (unpaired) electrons. The molecule has 5 aromatic rings. The first-order valence-corrected chi connectivity index (χ1v) is 8.98. The van der Waals surface area contributed by atoms with Gasteiger partial charge in [0, 0.05) is 11.1 Å². The fourth-order valence-corrected chi connectivity index (χ4v) is 3.39. The number of H-pyrrole nitrogens is 1. The molecule has 0 unspecified atom stereocenters. The molecule has 5 rings (SSSR count). The number of rotatable bonds is 3. The van der Waals surface area contributed by atoms with E-state index in [1.165, 1.54) is 6.07 Å². The zero-order chi connectivity index (χ0) is 19.1. The lowest BCUT2D eigenvalue weighted by Gasteiger charge is -2.06. The van der Waals surface area contributed by atoms with Crippen LogP contribution in [0.25, 0.3) is 39.2 Å². The van der Waals surface area contributed by atoms with Gasteiger partial charge in [-0.05, 0) is 42.5 Å². The third kappa shape index (κ3) is 2.75. The number of para-hydroxylation sites is 1. The second kappa shape index (κ2) is 6.58. The van der Waals surface area contributed by atoms with E-state index in [1.54, 1.807) is 23.1 Å². The van der Waals surface area contributed by atoms with Crippen molar-refractivity contribution in [1.29, 1.82) is 0 Å². The second-order valence-electron chi connectivity index (χ2n) is 6.30. The van der Waals surface area contributed by atoms with Gasteiger partial charge >= 0.3 is 0 Å². The van der Waals surface area contributed by atoms with Crippen molar-refractivity contribution in [1.82, 2.24) is 25.0 Å². The van der Waals surface area contributed by atoms with Crippen molar-refractivity contribution < 1.29 is 4.39 Å². The number of nitrogens with zero attached hydrogens (tertiary/aromatic N) is 4. The molecule has 0 bridgehead atoms. The number of aromatic amines is 1. The summed E-state index contributed by atoms with van der Waals surface area (Å²) in [6.07, 6.45) is 1.61. The summed E-state index contributed by atoms with van der Waals surface area (Å²) in [7, 11) is 0. The van der Waals surface area contributed by atoms with Crippen molar-refractivity contribution >= 4 is 22.6 Å². The molecule has 0 atom stereocenters. The number of hydrogen-bond acceptors (Lipinski definition) is 3. The van der Waals surface area contributed by atoms with Gasteiger partial charge in [0.15, 0.2) is 0 Å². The van der Waals surface area contributed by atoms with Crippen LogP contribution < -0.4 is 0 Å². The largest absolute Gasteiger partial charge is 0.344 e. The van der Waals surface area contributed by atoms with Gasteiger partial charge in [-0.3, -0.25) is 0 Å². The van der Waals surface area contributed by atoms with Gasteiger partial charge in [0.2, 0.25) is 0 Å². The molecule has 1 N–H and O–H groups in total. The molecule has 0 saturated carbocycles. The van der Waals surface area contributed by atoms with Gasteiger partial charge < -0.3 is 4.98 Å². The predicted octanol–water partition coefficient (Wildman–Crippen LogP) is 5.27. The summed E-state index contributed by atoms with van der Waals surface area (Å²) < 4.78 is 15.3. The summed E-state index contributed by atoms with van der Waals surface area (Å²) in [5, 5.41) is 8.58. The van der Waals surface area contributed by atoms with E-state index in [1.807, 2.05) is 48.5 Å². The Morgan fingerprint density at radius 1 is 0.929 bits per heavy atom. The molecule has 7 heteroatoms. The number of imidazole rings is 1. The summed E-state index contributed by atoms with van der Waals surface area (Å²) >= 11 is 5.95. The van der Waals surface area contributed by atoms with Crippen LogP contribution in [0.5, 0.6) is 0 Å². The Labute approximate surface area is 164 Å². The van der Waals surface area contributed by atoms with Gasteiger partial charge in [0.1, 0.15) is 11.3 Å². The lowest BCUT2D eigenvalue weighted by atomic mass is 10.0. The zero-order valence-corrected chi connectivity index (χ0v) is 15.2. The number of fused-ring (bicyclic) bond motifs is 1.